The lowest BCUT2D eigenvalue weighted by molar-refractivity contribution is -0.116. The van der Waals surface area contributed by atoms with Crippen LogP contribution in [0.4, 0.5) is 5.69 Å². The molecule has 3 nitrogen and oxygen atoms in total. The van der Waals surface area contributed by atoms with Crippen molar-refractivity contribution in [2.45, 2.75) is 18.7 Å². The van der Waals surface area contributed by atoms with Crippen molar-refractivity contribution >= 4 is 23.4 Å². The maximum absolute atomic E-state index is 12.4. The van der Waals surface area contributed by atoms with Crippen LogP contribution in [0, 0.1) is 6.92 Å². The van der Waals surface area contributed by atoms with Gasteiger partial charge in [-0.3, -0.25) is 4.79 Å². The number of anilines is 1. The van der Waals surface area contributed by atoms with E-state index in [4.69, 9.17) is 0 Å². The van der Waals surface area contributed by atoms with Crippen LogP contribution in [0.3, 0.4) is 0 Å². The molecule has 0 aliphatic heterocycles. The standard InChI is InChI=1S/C17H19NO2S/c1-3-18(16-11-14(19)10-9-13(16)2)17(20)12-21-15-7-5-4-6-8-15/h4-11,19H,3,12H2,1-2H3. The maximum atomic E-state index is 12.4. The monoisotopic (exact) mass is 301 g/mol. The van der Waals surface area contributed by atoms with Crippen LogP contribution in [-0.4, -0.2) is 23.3 Å². The van der Waals surface area contributed by atoms with Crippen LogP contribution in [0.25, 0.3) is 0 Å². The van der Waals surface area contributed by atoms with Gasteiger partial charge in [-0.15, -0.1) is 11.8 Å². The first kappa shape index (κ1) is 15.4. The summed E-state index contributed by atoms with van der Waals surface area (Å²) in [5.41, 5.74) is 1.75. The maximum Gasteiger partial charge on any atom is 0.237 e. The van der Waals surface area contributed by atoms with Crippen molar-refractivity contribution in [1.29, 1.82) is 0 Å². The van der Waals surface area contributed by atoms with Gasteiger partial charge in [0.05, 0.1) is 11.4 Å². The average molecular weight is 301 g/mol. The average Bonchev–Trinajstić information content (AvgIpc) is 2.50. The van der Waals surface area contributed by atoms with E-state index in [9.17, 15) is 9.90 Å². The number of carbonyl (C=O) groups excluding carboxylic acids is 1. The molecule has 0 bridgehead atoms. The summed E-state index contributed by atoms with van der Waals surface area (Å²) < 4.78 is 0. The predicted octanol–water partition coefficient (Wildman–Crippen LogP) is 3.85. The van der Waals surface area contributed by atoms with Gasteiger partial charge in [-0.25, -0.2) is 0 Å². The molecule has 0 aliphatic carbocycles. The topological polar surface area (TPSA) is 40.5 Å². The van der Waals surface area contributed by atoms with Crippen LogP contribution in [-0.2, 0) is 4.79 Å². The minimum atomic E-state index is 0.0417. The Bertz CT molecular complexity index is 613. The Morgan fingerprint density at radius 1 is 1.19 bits per heavy atom. The van der Waals surface area contributed by atoms with Gasteiger partial charge in [0.25, 0.3) is 0 Å². The number of aromatic hydroxyl groups is 1. The summed E-state index contributed by atoms with van der Waals surface area (Å²) >= 11 is 1.52. The number of hydrogen-bond acceptors (Lipinski definition) is 3. The molecule has 1 amide bonds. The molecule has 2 aromatic carbocycles. The Morgan fingerprint density at radius 3 is 2.57 bits per heavy atom. The first-order valence-electron chi connectivity index (χ1n) is 6.89. The van der Waals surface area contributed by atoms with Crippen molar-refractivity contribution in [2.75, 3.05) is 17.2 Å². The Morgan fingerprint density at radius 2 is 1.90 bits per heavy atom. The van der Waals surface area contributed by atoms with Crippen LogP contribution in [0.5, 0.6) is 5.75 Å². The van der Waals surface area contributed by atoms with Gasteiger partial charge in [0, 0.05) is 17.5 Å². The Kier molecular flexibility index (Phi) is 5.28. The molecule has 2 aromatic rings. The first-order chi connectivity index (χ1) is 10.1. The third kappa shape index (κ3) is 4.02. The Hall–Kier alpha value is -1.94. The van der Waals surface area contributed by atoms with Gasteiger partial charge in [0.15, 0.2) is 0 Å². The molecular formula is C17H19NO2S. The van der Waals surface area contributed by atoms with E-state index in [2.05, 4.69) is 0 Å². The fraction of sp³-hybridized carbons (Fsp3) is 0.235. The molecule has 0 aromatic heterocycles. The van der Waals surface area contributed by atoms with Gasteiger partial charge in [-0.1, -0.05) is 24.3 Å². The molecule has 4 heteroatoms. The molecule has 0 saturated heterocycles. The van der Waals surface area contributed by atoms with Gasteiger partial charge >= 0.3 is 0 Å². The summed E-state index contributed by atoms with van der Waals surface area (Å²) in [6.45, 7) is 4.46. The molecule has 0 aliphatic rings. The minimum absolute atomic E-state index is 0.0417. The second-order valence-corrected chi connectivity index (χ2v) is 5.76. The second kappa shape index (κ2) is 7.18. The second-order valence-electron chi connectivity index (χ2n) is 4.71. The summed E-state index contributed by atoms with van der Waals surface area (Å²) in [4.78, 5) is 15.2. The number of benzene rings is 2. The molecule has 110 valence electrons. The third-order valence-electron chi connectivity index (χ3n) is 3.21. The Labute approximate surface area is 129 Å². The molecule has 0 unspecified atom stereocenters. The number of aryl methyl sites for hydroxylation is 1. The van der Waals surface area contributed by atoms with Crippen molar-refractivity contribution in [3.63, 3.8) is 0 Å². The van der Waals surface area contributed by atoms with Crippen LogP contribution in [0.1, 0.15) is 12.5 Å². The highest BCUT2D eigenvalue weighted by atomic mass is 32.2. The summed E-state index contributed by atoms with van der Waals surface area (Å²) in [7, 11) is 0. The third-order valence-corrected chi connectivity index (χ3v) is 4.20. The van der Waals surface area contributed by atoms with Crippen molar-refractivity contribution in [3.8, 4) is 5.75 Å². The zero-order chi connectivity index (χ0) is 15.2. The van der Waals surface area contributed by atoms with Crippen LogP contribution >= 0.6 is 11.8 Å². The molecule has 0 saturated carbocycles. The van der Waals surface area contributed by atoms with Crippen molar-refractivity contribution < 1.29 is 9.90 Å². The highest BCUT2D eigenvalue weighted by Crippen LogP contribution is 2.26. The molecule has 0 heterocycles. The zero-order valence-corrected chi connectivity index (χ0v) is 13.1. The fourth-order valence-electron chi connectivity index (χ4n) is 2.11. The summed E-state index contributed by atoms with van der Waals surface area (Å²) in [5, 5.41) is 9.63. The molecule has 0 atom stereocenters. The van der Waals surface area contributed by atoms with Crippen LogP contribution < -0.4 is 4.90 Å². The smallest absolute Gasteiger partial charge is 0.237 e. The van der Waals surface area contributed by atoms with Crippen molar-refractivity contribution in [1.82, 2.24) is 0 Å². The van der Waals surface area contributed by atoms with E-state index in [1.54, 1.807) is 17.0 Å². The number of phenolic OH excluding ortho intramolecular Hbond substituents is 1. The van der Waals surface area contributed by atoms with E-state index in [0.29, 0.717) is 12.3 Å². The number of rotatable bonds is 5. The lowest BCUT2D eigenvalue weighted by Crippen LogP contribution is -2.32. The fourth-order valence-corrected chi connectivity index (χ4v) is 2.90. The molecule has 0 spiro atoms. The molecule has 0 radical (unpaired) electrons. The first-order valence-corrected chi connectivity index (χ1v) is 7.88. The van der Waals surface area contributed by atoms with Gasteiger partial charge < -0.3 is 10.0 Å². The molecule has 1 N–H and O–H groups in total. The van der Waals surface area contributed by atoms with Gasteiger partial charge in [0.2, 0.25) is 5.91 Å². The lowest BCUT2D eigenvalue weighted by Gasteiger charge is -2.23. The normalized spacial score (nSPS) is 10.4. The highest BCUT2D eigenvalue weighted by molar-refractivity contribution is 8.00. The summed E-state index contributed by atoms with van der Waals surface area (Å²) in [6, 6.07) is 15.0. The highest BCUT2D eigenvalue weighted by Gasteiger charge is 2.16. The van der Waals surface area contributed by atoms with E-state index in [1.165, 1.54) is 11.8 Å². The van der Waals surface area contributed by atoms with E-state index in [0.717, 1.165) is 16.1 Å². The minimum Gasteiger partial charge on any atom is -0.508 e. The number of hydrogen-bond donors (Lipinski definition) is 1. The van der Waals surface area contributed by atoms with Crippen LogP contribution in [0.2, 0.25) is 0 Å². The number of nitrogens with zero attached hydrogens (tertiary/aromatic N) is 1. The lowest BCUT2D eigenvalue weighted by atomic mass is 10.1. The SMILES string of the molecule is CCN(C(=O)CSc1ccccc1)c1cc(O)ccc1C. The molecule has 21 heavy (non-hydrogen) atoms. The quantitative estimate of drug-likeness (QED) is 0.853. The largest absolute Gasteiger partial charge is 0.508 e. The van der Waals surface area contributed by atoms with Crippen LogP contribution in [0.15, 0.2) is 53.4 Å². The predicted molar refractivity (Wildman–Crippen MR) is 88.0 cm³/mol. The number of phenols is 1. The van der Waals surface area contributed by atoms with Crippen molar-refractivity contribution in [3.05, 3.63) is 54.1 Å². The van der Waals surface area contributed by atoms with Gasteiger partial charge in [-0.2, -0.15) is 0 Å². The number of carbonyl (C=O) groups is 1. The van der Waals surface area contributed by atoms with Gasteiger partial charge in [-0.05, 0) is 37.6 Å². The van der Waals surface area contributed by atoms with E-state index < -0.39 is 0 Å². The zero-order valence-electron chi connectivity index (χ0n) is 12.2. The van der Waals surface area contributed by atoms with E-state index >= 15 is 0 Å². The van der Waals surface area contributed by atoms with Crippen molar-refractivity contribution in [2.24, 2.45) is 0 Å². The van der Waals surface area contributed by atoms with Gasteiger partial charge in [0.1, 0.15) is 5.75 Å². The molecular weight excluding hydrogens is 282 g/mol. The summed E-state index contributed by atoms with van der Waals surface area (Å²) in [6.07, 6.45) is 0. The number of thioether (sulfide) groups is 1. The summed E-state index contributed by atoms with van der Waals surface area (Å²) in [5.74, 6) is 0.602. The van der Waals surface area contributed by atoms with E-state index in [-0.39, 0.29) is 11.7 Å². The molecule has 2 rings (SSSR count). The number of amides is 1. The Balaban J connectivity index is 2.10. The molecule has 0 fully saturated rings. The van der Waals surface area contributed by atoms with E-state index in [1.807, 2.05) is 50.2 Å².